The van der Waals surface area contributed by atoms with Crippen LogP contribution in [0.5, 0.6) is 0 Å². The van der Waals surface area contributed by atoms with Gasteiger partial charge in [0.25, 0.3) is 0 Å². The summed E-state index contributed by atoms with van der Waals surface area (Å²) < 4.78 is 30.8. The molecule has 9 nitrogen and oxygen atoms in total. The van der Waals surface area contributed by atoms with Crippen LogP contribution in [-0.4, -0.2) is 74.3 Å². The Morgan fingerprint density at radius 1 is 0.430 bits per heavy atom. The van der Waals surface area contributed by atoms with Crippen molar-refractivity contribution in [2.75, 3.05) is 40.9 Å². The first-order chi connectivity index (χ1) is 38.4. The van der Waals surface area contributed by atoms with Gasteiger partial charge in [-0.2, -0.15) is 0 Å². The highest BCUT2D eigenvalue weighted by Crippen LogP contribution is 2.43. The van der Waals surface area contributed by atoms with Gasteiger partial charge in [-0.15, -0.1) is 0 Å². The Morgan fingerprint density at radius 2 is 0.734 bits per heavy atom. The first kappa shape index (κ1) is 77.5. The van der Waals surface area contributed by atoms with Gasteiger partial charge in [0.2, 0.25) is 5.91 Å². The van der Waals surface area contributed by atoms with Crippen LogP contribution in [0.1, 0.15) is 355 Å². The maximum absolute atomic E-state index is 13.6. The van der Waals surface area contributed by atoms with Gasteiger partial charge in [-0.1, -0.05) is 309 Å². The monoisotopic (exact) mass is 1140 g/mol. The highest BCUT2D eigenvalue weighted by Gasteiger charge is 2.30. The molecule has 3 atom stereocenters. The third kappa shape index (κ3) is 60.9. The van der Waals surface area contributed by atoms with E-state index < -0.39 is 20.0 Å². The molecule has 2 N–H and O–H groups in total. The third-order valence-corrected chi connectivity index (χ3v) is 16.9. The average molecular weight is 1140 g/mol. The van der Waals surface area contributed by atoms with Crippen LogP contribution in [0.15, 0.2) is 24.3 Å². The normalized spacial score (nSPS) is 13.7. The van der Waals surface area contributed by atoms with E-state index in [4.69, 9.17) is 13.8 Å². The minimum absolute atomic E-state index is 0.0444. The van der Waals surface area contributed by atoms with Crippen LogP contribution in [0.3, 0.4) is 0 Å². The maximum atomic E-state index is 13.6. The lowest BCUT2D eigenvalue weighted by atomic mass is 10.0. The number of nitrogens with one attached hydrogen (secondary N) is 1. The number of esters is 1. The van der Waals surface area contributed by atoms with E-state index in [-0.39, 0.29) is 25.1 Å². The van der Waals surface area contributed by atoms with Gasteiger partial charge in [0.1, 0.15) is 19.3 Å². The number of carbonyl (C=O) groups is 2. The Balaban J connectivity index is 5.10. The summed E-state index contributed by atoms with van der Waals surface area (Å²) in [7, 11) is 1.52. The molecule has 0 aromatic rings. The van der Waals surface area contributed by atoms with Crippen molar-refractivity contribution in [1.29, 1.82) is 0 Å². The van der Waals surface area contributed by atoms with E-state index >= 15 is 0 Å². The fourth-order valence-electron chi connectivity index (χ4n) is 10.5. The van der Waals surface area contributed by atoms with Gasteiger partial charge in [-0.3, -0.25) is 18.6 Å². The van der Waals surface area contributed by atoms with Crippen LogP contribution in [0, 0.1) is 0 Å². The molecule has 10 heteroatoms. The number of nitrogens with zero attached hydrogens (tertiary/aromatic N) is 1. The lowest BCUT2D eigenvalue weighted by Crippen LogP contribution is -2.47. The van der Waals surface area contributed by atoms with Crippen molar-refractivity contribution in [3.63, 3.8) is 0 Å². The highest BCUT2D eigenvalue weighted by molar-refractivity contribution is 7.47. The van der Waals surface area contributed by atoms with E-state index in [0.717, 1.165) is 57.8 Å². The number of hydrogen-bond donors (Lipinski definition) is 2. The summed E-state index contributed by atoms with van der Waals surface area (Å²) in [6.45, 7) is 7.07. The molecule has 0 aliphatic heterocycles. The molecule has 0 heterocycles. The lowest BCUT2D eigenvalue weighted by Gasteiger charge is -2.27. The quantitative estimate of drug-likeness (QED) is 0.0205. The molecule has 0 saturated heterocycles. The number of unbranched alkanes of at least 4 members (excludes halogenated alkanes) is 46. The molecule has 0 radical (unpaired) electrons. The Bertz CT molecular complexity index is 1400. The zero-order valence-corrected chi connectivity index (χ0v) is 54.5. The van der Waals surface area contributed by atoms with E-state index in [1.807, 2.05) is 27.2 Å². The van der Waals surface area contributed by atoms with Gasteiger partial charge in [-0.05, 0) is 57.4 Å². The zero-order valence-electron chi connectivity index (χ0n) is 53.6. The summed E-state index contributed by atoms with van der Waals surface area (Å²) >= 11 is 0. The van der Waals surface area contributed by atoms with Gasteiger partial charge in [0, 0.05) is 12.8 Å². The molecule has 0 bridgehead atoms. The largest absolute Gasteiger partial charge is 0.472 e. The molecule has 0 rings (SSSR count). The second-order valence-electron chi connectivity index (χ2n) is 25.1. The van der Waals surface area contributed by atoms with E-state index in [1.165, 1.54) is 263 Å². The summed E-state index contributed by atoms with van der Waals surface area (Å²) in [6.07, 6.45) is 71.8. The fourth-order valence-corrected chi connectivity index (χ4v) is 11.3. The predicted molar refractivity (Wildman–Crippen MR) is 342 cm³/mol. The van der Waals surface area contributed by atoms with E-state index in [9.17, 15) is 19.0 Å². The maximum Gasteiger partial charge on any atom is 0.472 e. The fraction of sp³-hybridized carbons (Fsp3) is 0.913. The standard InChI is InChI=1S/C69H135N2O7P/c1-7-10-13-16-19-22-25-28-30-32-33-34-35-36-37-39-40-43-46-49-52-55-58-61-68(72)70-66(65-77-79(74,75)76-64-63-71(4,5)6)67(60-57-54-51-48-45-42-27-24-21-18-15-12-9-3)78-69(73)62-59-56-53-50-47-44-41-38-31-29-26-23-20-17-14-11-8-2/h28,30,57,60,66-67H,7-27,29,31-56,58-59,61-65H2,1-6H3,(H-,70,72,74,75)/p+1/b30-28+,60-57-. The Kier molecular flexibility index (Phi) is 58.5. The molecule has 79 heavy (non-hydrogen) atoms. The summed E-state index contributed by atoms with van der Waals surface area (Å²) in [5.41, 5.74) is 0. The first-order valence-corrected chi connectivity index (χ1v) is 36.2. The molecule has 0 saturated carbocycles. The zero-order chi connectivity index (χ0) is 57.9. The second kappa shape index (κ2) is 59.6. The smallest absolute Gasteiger partial charge is 0.456 e. The SMILES string of the molecule is CCCCCCCC/C=C/CCCCCCCCCCCCCCCC(=O)NC(COP(=O)(O)OCC[N+](C)(C)C)C(/C=C\CCCCCCCCCCCCC)OC(=O)CCCCCCCCCCCCCCCCCCC. The van der Waals surface area contributed by atoms with Gasteiger partial charge in [0.15, 0.2) is 0 Å². The number of phosphoric acid groups is 1. The number of carbonyl (C=O) groups excluding carboxylic acids is 2. The molecule has 0 spiro atoms. The van der Waals surface area contributed by atoms with Gasteiger partial charge >= 0.3 is 13.8 Å². The number of rotatable bonds is 64. The molecule has 0 aliphatic carbocycles. The van der Waals surface area contributed by atoms with Crippen molar-refractivity contribution in [1.82, 2.24) is 5.32 Å². The summed E-state index contributed by atoms with van der Waals surface area (Å²) in [5, 5.41) is 3.08. The minimum Gasteiger partial charge on any atom is -0.456 e. The molecule has 0 aromatic heterocycles. The Hall–Kier alpha value is -1.51. The Labute approximate surface area is 492 Å². The van der Waals surface area contributed by atoms with Crippen molar-refractivity contribution >= 4 is 19.7 Å². The number of hydrogen-bond acceptors (Lipinski definition) is 6. The van der Waals surface area contributed by atoms with Crippen molar-refractivity contribution in [3.05, 3.63) is 24.3 Å². The number of amides is 1. The average Bonchev–Trinajstić information content (AvgIpc) is 3.41. The molecule has 3 unspecified atom stereocenters. The van der Waals surface area contributed by atoms with E-state index in [2.05, 4.69) is 44.3 Å². The van der Waals surface area contributed by atoms with Gasteiger partial charge in [0.05, 0.1) is 33.8 Å². The van der Waals surface area contributed by atoms with Crippen molar-refractivity contribution in [2.45, 2.75) is 367 Å². The van der Waals surface area contributed by atoms with Crippen LogP contribution in [0.4, 0.5) is 0 Å². The third-order valence-electron chi connectivity index (χ3n) is 15.9. The summed E-state index contributed by atoms with van der Waals surface area (Å²) in [6, 6.07) is -0.843. The molecule has 468 valence electrons. The van der Waals surface area contributed by atoms with E-state index in [1.54, 1.807) is 0 Å². The molecule has 1 amide bonds. The van der Waals surface area contributed by atoms with Crippen molar-refractivity contribution in [3.8, 4) is 0 Å². The summed E-state index contributed by atoms with van der Waals surface area (Å²) in [5.74, 6) is -0.483. The number of phosphoric ester groups is 1. The van der Waals surface area contributed by atoms with Gasteiger partial charge in [-0.25, -0.2) is 4.57 Å². The number of ether oxygens (including phenoxy) is 1. The van der Waals surface area contributed by atoms with Crippen LogP contribution >= 0.6 is 7.82 Å². The lowest BCUT2D eigenvalue weighted by molar-refractivity contribution is -0.870. The first-order valence-electron chi connectivity index (χ1n) is 34.7. The van der Waals surface area contributed by atoms with Crippen LogP contribution < -0.4 is 5.32 Å². The van der Waals surface area contributed by atoms with E-state index in [0.29, 0.717) is 23.9 Å². The van der Waals surface area contributed by atoms with Crippen LogP contribution in [-0.2, 0) is 27.9 Å². The van der Waals surface area contributed by atoms with Crippen molar-refractivity contribution in [2.24, 2.45) is 0 Å². The minimum atomic E-state index is -4.45. The molecular weight excluding hydrogens is 1000 g/mol. The number of likely N-dealkylation sites (N-methyl/N-ethyl adjacent to an activating group) is 1. The van der Waals surface area contributed by atoms with Crippen molar-refractivity contribution < 1.29 is 37.3 Å². The Morgan fingerprint density at radius 3 is 1.08 bits per heavy atom. The van der Waals surface area contributed by atoms with Crippen LogP contribution in [0.2, 0.25) is 0 Å². The number of quaternary nitrogens is 1. The molecule has 0 fully saturated rings. The predicted octanol–water partition coefficient (Wildman–Crippen LogP) is 21.7. The second-order valence-corrected chi connectivity index (χ2v) is 26.5. The topological polar surface area (TPSA) is 111 Å². The molecular formula is C69H136N2O7P+. The molecule has 0 aliphatic rings. The summed E-state index contributed by atoms with van der Waals surface area (Å²) in [4.78, 5) is 37.9. The number of allylic oxidation sites excluding steroid dienone is 3. The van der Waals surface area contributed by atoms with Gasteiger partial charge < -0.3 is 19.4 Å². The highest BCUT2D eigenvalue weighted by atomic mass is 31.2. The molecule has 0 aromatic carbocycles. The van der Waals surface area contributed by atoms with Crippen LogP contribution in [0.25, 0.3) is 0 Å².